The average molecular weight is 355 g/mol. The summed E-state index contributed by atoms with van der Waals surface area (Å²) in [4.78, 5) is 13.9. The quantitative estimate of drug-likeness (QED) is 0.770. The number of hydrogen-bond donors (Lipinski definition) is 0. The number of rotatable bonds is 5. The van der Waals surface area contributed by atoms with Crippen molar-refractivity contribution in [3.8, 4) is 5.75 Å². The monoisotopic (exact) mass is 355 g/mol. The van der Waals surface area contributed by atoms with Crippen LogP contribution in [0.15, 0.2) is 42.5 Å². The van der Waals surface area contributed by atoms with E-state index < -0.39 is 0 Å². The van der Waals surface area contributed by atoms with Crippen LogP contribution in [-0.4, -0.2) is 31.1 Å². The van der Waals surface area contributed by atoms with Gasteiger partial charge in [-0.3, -0.25) is 9.69 Å². The van der Waals surface area contributed by atoms with Gasteiger partial charge >= 0.3 is 5.97 Å². The van der Waals surface area contributed by atoms with Crippen LogP contribution in [-0.2, 0) is 22.6 Å². The Balaban J connectivity index is 1.39. The second-order valence-electron chi connectivity index (χ2n) is 6.97. The van der Waals surface area contributed by atoms with Crippen molar-refractivity contribution in [2.45, 2.75) is 25.5 Å². The Bertz CT molecular complexity index is 817. The van der Waals surface area contributed by atoms with Crippen molar-refractivity contribution < 1.29 is 18.7 Å². The summed E-state index contributed by atoms with van der Waals surface area (Å²) < 4.78 is 24.3. The molecular weight excluding hydrogens is 333 g/mol. The number of ether oxygens (including phenoxy) is 2. The number of carbonyl (C=O) groups is 1. The predicted octanol–water partition coefficient (Wildman–Crippen LogP) is 3.50. The van der Waals surface area contributed by atoms with Crippen LogP contribution in [0.4, 0.5) is 4.39 Å². The summed E-state index contributed by atoms with van der Waals surface area (Å²) in [6.45, 7) is 1.76. The predicted molar refractivity (Wildman–Crippen MR) is 95.3 cm³/mol. The number of esters is 1. The molecule has 0 aromatic heterocycles. The highest BCUT2D eigenvalue weighted by atomic mass is 19.1. The van der Waals surface area contributed by atoms with E-state index in [1.165, 1.54) is 24.3 Å². The zero-order valence-corrected chi connectivity index (χ0v) is 14.8. The zero-order chi connectivity index (χ0) is 18.1. The second-order valence-corrected chi connectivity index (χ2v) is 6.97. The van der Waals surface area contributed by atoms with Crippen LogP contribution in [0.25, 0.3) is 0 Å². The van der Waals surface area contributed by atoms with Gasteiger partial charge in [-0.1, -0.05) is 24.3 Å². The normalized spacial score (nSPS) is 19.7. The molecule has 1 aliphatic heterocycles. The summed E-state index contributed by atoms with van der Waals surface area (Å²) in [6.07, 6.45) is 2.05. The van der Waals surface area contributed by atoms with E-state index in [1.807, 2.05) is 12.1 Å². The molecule has 0 radical (unpaired) electrons. The summed E-state index contributed by atoms with van der Waals surface area (Å²) >= 11 is 0. The van der Waals surface area contributed by atoms with Gasteiger partial charge in [-0.25, -0.2) is 4.39 Å². The summed E-state index contributed by atoms with van der Waals surface area (Å²) in [5.41, 5.74) is 3.15. The Morgan fingerprint density at radius 1 is 1.23 bits per heavy atom. The number of nitrogens with zero attached hydrogens (tertiary/aromatic N) is 1. The molecule has 0 bridgehead atoms. The van der Waals surface area contributed by atoms with Crippen LogP contribution in [0, 0.1) is 11.7 Å². The van der Waals surface area contributed by atoms with Gasteiger partial charge in [-0.2, -0.15) is 0 Å². The fraction of sp³-hybridized carbons (Fsp3) is 0.381. The number of likely N-dealkylation sites (tertiary alicyclic amines) is 1. The molecule has 1 atom stereocenters. The highest BCUT2D eigenvalue weighted by Gasteiger charge is 2.40. The minimum Gasteiger partial charge on any atom is -0.489 e. The first-order valence-corrected chi connectivity index (χ1v) is 8.96. The van der Waals surface area contributed by atoms with Crippen LogP contribution in [0.3, 0.4) is 0 Å². The number of aryl methyl sites for hydroxylation is 1. The van der Waals surface area contributed by atoms with E-state index in [-0.39, 0.29) is 24.3 Å². The highest BCUT2D eigenvalue weighted by molar-refractivity contribution is 5.73. The van der Waals surface area contributed by atoms with Gasteiger partial charge in [-0.05, 0) is 42.2 Å². The number of benzene rings is 2. The van der Waals surface area contributed by atoms with Crippen LogP contribution in [0.1, 0.15) is 29.2 Å². The smallest absolute Gasteiger partial charge is 0.311 e. The van der Waals surface area contributed by atoms with Crippen molar-refractivity contribution in [3.05, 3.63) is 65.0 Å². The first-order chi connectivity index (χ1) is 12.7. The van der Waals surface area contributed by atoms with Crippen molar-refractivity contribution in [1.29, 1.82) is 0 Å². The van der Waals surface area contributed by atoms with Crippen molar-refractivity contribution in [3.63, 3.8) is 0 Å². The van der Waals surface area contributed by atoms with E-state index in [1.54, 1.807) is 12.1 Å². The van der Waals surface area contributed by atoms with Gasteiger partial charge < -0.3 is 9.47 Å². The molecule has 0 saturated carbocycles. The molecule has 5 heteroatoms. The number of fused-ring (bicyclic) bond motifs is 1. The maximum absolute atomic E-state index is 13.7. The molecule has 1 unspecified atom stereocenters. The molecular formula is C21H22FNO3. The van der Waals surface area contributed by atoms with Crippen LogP contribution in [0.5, 0.6) is 5.75 Å². The Hall–Kier alpha value is -2.40. The van der Waals surface area contributed by atoms with Gasteiger partial charge in [0.2, 0.25) is 0 Å². The lowest BCUT2D eigenvalue weighted by Crippen LogP contribution is -2.51. The lowest BCUT2D eigenvalue weighted by Gasteiger charge is -2.41. The molecule has 1 heterocycles. The van der Waals surface area contributed by atoms with E-state index in [9.17, 15) is 9.18 Å². The van der Waals surface area contributed by atoms with Gasteiger partial charge in [-0.15, -0.1) is 0 Å². The van der Waals surface area contributed by atoms with E-state index >= 15 is 0 Å². The van der Waals surface area contributed by atoms with Gasteiger partial charge in [0.05, 0.1) is 13.0 Å². The van der Waals surface area contributed by atoms with Crippen LogP contribution in [0.2, 0.25) is 0 Å². The Morgan fingerprint density at radius 2 is 2.04 bits per heavy atom. The number of hydrogen-bond acceptors (Lipinski definition) is 4. The van der Waals surface area contributed by atoms with Gasteiger partial charge in [0, 0.05) is 24.7 Å². The van der Waals surface area contributed by atoms with E-state index in [0.717, 1.165) is 31.7 Å². The topological polar surface area (TPSA) is 38.8 Å². The molecule has 1 saturated heterocycles. The lowest BCUT2D eigenvalue weighted by atomic mass is 9.95. The van der Waals surface area contributed by atoms with Gasteiger partial charge in [0.25, 0.3) is 0 Å². The third-order valence-electron chi connectivity index (χ3n) is 5.40. The fourth-order valence-corrected chi connectivity index (χ4v) is 3.90. The molecule has 2 aromatic rings. The maximum atomic E-state index is 13.7. The standard InChI is InChI=1S/C21H22FNO3/c1-25-21(24)16-11-23(12-16)20-9-6-14-10-17(7-8-18(14)20)26-13-15-4-2-3-5-19(15)22/h2-5,7-8,10,16,20H,6,9,11-13H2,1H3. The molecule has 26 heavy (non-hydrogen) atoms. The Kier molecular flexibility index (Phi) is 4.64. The first kappa shape index (κ1) is 17.0. The Labute approximate surface area is 152 Å². The molecule has 1 aliphatic carbocycles. The van der Waals surface area contributed by atoms with Gasteiger partial charge in [0.1, 0.15) is 18.2 Å². The van der Waals surface area contributed by atoms with E-state index in [2.05, 4.69) is 17.0 Å². The third kappa shape index (κ3) is 3.19. The SMILES string of the molecule is COC(=O)C1CN(C2CCc3cc(OCc4ccccc4F)ccc32)C1. The average Bonchev–Trinajstić information content (AvgIpc) is 3.02. The summed E-state index contributed by atoms with van der Waals surface area (Å²) in [5, 5.41) is 0. The van der Waals surface area contributed by atoms with Gasteiger partial charge in [0.15, 0.2) is 0 Å². The van der Waals surface area contributed by atoms with E-state index in [0.29, 0.717) is 11.6 Å². The van der Waals surface area contributed by atoms with Crippen molar-refractivity contribution in [2.75, 3.05) is 20.2 Å². The minimum absolute atomic E-state index is 0.00688. The molecule has 0 N–H and O–H groups in total. The molecule has 4 rings (SSSR count). The van der Waals surface area contributed by atoms with Crippen molar-refractivity contribution >= 4 is 5.97 Å². The maximum Gasteiger partial charge on any atom is 0.311 e. The lowest BCUT2D eigenvalue weighted by molar-refractivity contribution is -0.152. The molecule has 1 fully saturated rings. The van der Waals surface area contributed by atoms with Crippen LogP contribution < -0.4 is 4.74 Å². The number of halogens is 1. The minimum atomic E-state index is -0.244. The molecule has 136 valence electrons. The zero-order valence-electron chi connectivity index (χ0n) is 14.8. The first-order valence-electron chi connectivity index (χ1n) is 8.96. The molecule has 2 aromatic carbocycles. The summed E-state index contributed by atoms with van der Waals surface area (Å²) in [6, 6.07) is 13.2. The van der Waals surface area contributed by atoms with E-state index in [4.69, 9.17) is 9.47 Å². The largest absolute Gasteiger partial charge is 0.489 e. The molecule has 0 amide bonds. The third-order valence-corrected chi connectivity index (χ3v) is 5.40. The second kappa shape index (κ2) is 7.08. The van der Waals surface area contributed by atoms with Crippen LogP contribution >= 0.6 is 0 Å². The Morgan fingerprint density at radius 3 is 2.81 bits per heavy atom. The van der Waals surface area contributed by atoms with Crippen molar-refractivity contribution in [1.82, 2.24) is 4.90 Å². The fourth-order valence-electron chi connectivity index (χ4n) is 3.90. The molecule has 2 aliphatic rings. The number of carbonyl (C=O) groups excluding carboxylic acids is 1. The van der Waals surface area contributed by atoms with Crippen molar-refractivity contribution in [2.24, 2.45) is 5.92 Å². The molecule has 4 nitrogen and oxygen atoms in total. The molecule has 0 spiro atoms. The highest BCUT2D eigenvalue weighted by Crippen LogP contribution is 2.40. The summed E-state index contributed by atoms with van der Waals surface area (Å²) in [7, 11) is 1.44. The number of methoxy groups -OCH3 is 1. The summed E-state index contributed by atoms with van der Waals surface area (Å²) in [5.74, 6) is 0.416.